The Balaban J connectivity index is 2.15. The lowest BCUT2D eigenvalue weighted by atomic mass is 10.0. The number of aryl methyl sites for hydroxylation is 1. The highest BCUT2D eigenvalue weighted by molar-refractivity contribution is 5.23. The van der Waals surface area contributed by atoms with Gasteiger partial charge >= 0.3 is 0 Å². The molecule has 0 saturated heterocycles. The third kappa shape index (κ3) is 2.71. The molecule has 2 aromatic rings. The average Bonchev–Trinajstić information content (AvgIpc) is 2.69. The molecule has 0 saturated carbocycles. The van der Waals surface area contributed by atoms with E-state index in [1.165, 1.54) is 12.1 Å². The van der Waals surface area contributed by atoms with Crippen LogP contribution in [0.2, 0.25) is 0 Å². The first-order valence-corrected chi connectivity index (χ1v) is 5.31. The summed E-state index contributed by atoms with van der Waals surface area (Å²) in [7, 11) is 0. The van der Waals surface area contributed by atoms with Crippen molar-refractivity contribution in [2.75, 3.05) is 0 Å². The number of benzene rings is 1. The second-order valence-electron chi connectivity index (χ2n) is 4.04. The largest absolute Gasteiger partial charge is 0.469 e. The molecule has 1 unspecified atom stereocenters. The lowest BCUT2D eigenvalue weighted by Gasteiger charge is -2.10. The third-order valence-electron chi connectivity index (χ3n) is 2.63. The van der Waals surface area contributed by atoms with Gasteiger partial charge in [-0.15, -0.1) is 0 Å². The molecule has 1 atom stereocenters. The lowest BCUT2D eigenvalue weighted by Crippen LogP contribution is -2.13. The van der Waals surface area contributed by atoms with Crippen molar-refractivity contribution in [1.82, 2.24) is 0 Å². The predicted molar refractivity (Wildman–Crippen MR) is 60.4 cm³/mol. The van der Waals surface area contributed by atoms with Crippen molar-refractivity contribution < 1.29 is 13.2 Å². The normalized spacial score (nSPS) is 12.7. The van der Waals surface area contributed by atoms with Crippen LogP contribution in [0.15, 0.2) is 34.9 Å². The Kier molecular flexibility index (Phi) is 3.24. The van der Waals surface area contributed by atoms with Gasteiger partial charge in [0.05, 0.1) is 6.26 Å². The van der Waals surface area contributed by atoms with Crippen LogP contribution in [0.1, 0.15) is 22.9 Å². The van der Waals surface area contributed by atoms with E-state index in [9.17, 15) is 8.78 Å². The zero-order chi connectivity index (χ0) is 12.4. The van der Waals surface area contributed by atoms with Gasteiger partial charge in [-0.2, -0.15) is 0 Å². The molecular weight excluding hydrogens is 224 g/mol. The second kappa shape index (κ2) is 4.67. The molecule has 0 aliphatic heterocycles. The molecule has 1 aromatic carbocycles. The molecule has 0 fully saturated rings. The molecule has 0 aliphatic carbocycles. The van der Waals surface area contributed by atoms with Gasteiger partial charge in [0, 0.05) is 17.7 Å². The monoisotopic (exact) mass is 237 g/mol. The Hall–Kier alpha value is -1.68. The van der Waals surface area contributed by atoms with Crippen molar-refractivity contribution in [3.05, 3.63) is 59.1 Å². The molecule has 0 spiro atoms. The van der Waals surface area contributed by atoms with Gasteiger partial charge in [0.2, 0.25) is 0 Å². The van der Waals surface area contributed by atoms with Crippen molar-refractivity contribution in [3.63, 3.8) is 0 Å². The minimum Gasteiger partial charge on any atom is -0.469 e. The molecule has 1 heterocycles. The lowest BCUT2D eigenvalue weighted by molar-refractivity contribution is 0.526. The molecular formula is C13H13F2NO. The minimum atomic E-state index is -0.584. The van der Waals surface area contributed by atoms with Gasteiger partial charge in [0.1, 0.15) is 17.4 Å². The van der Waals surface area contributed by atoms with Crippen molar-refractivity contribution in [1.29, 1.82) is 0 Å². The maximum Gasteiger partial charge on any atom is 0.129 e. The van der Waals surface area contributed by atoms with Gasteiger partial charge in [0.25, 0.3) is 0 Å². The average molecular weight is 237 g/mol. The number of nitrogens with two attached hydrogens (primary N) is 1. The van der Waals surface area contributed by atoms with Crippen molar-refractivity contribution >= 4 is 0 Å². The van der Waals surface area contributed by atoms with Crippen LogP contribution in [-0.2, 0) is 6.42 Å². The first-order valence-electron chi connectivity index (χ1n) is 5.31. The van der Waals surface area contributed by atoms with E-state index in [1.54, 1.807) is 6.26 Å². The van der Waals surface area contributed by atoms with Crippen LogP contribution in [0.4, 0.5) is 8.78 Å². The zero-order valence-electron chi connectivity index (χ0n) is 9.41. The van der Waals surface area contributed by atoms with Gasteiger partial charge in [-0.1, -0.05) is 6.07 Å². The van der Waals surface area contributed by atoms with Crippen LogP contribution >= 0.6 is 0 Å². The third-order valence-corrected chi connectivity index (χ3v) is 2.63. The highest BCUT2D eigenvalue weighted by Crippen LogP contribution is 2.20. The van der Waals surface area contributed by atoms with E-state index in [0.29, 0.717) is 12.0 Å². The molecule has 0 bridgehead atoms. The summed E-state index contributed by atoms with van der Waals surface area (Å²) in [4.78, 5) is 0. The maximum atomic E-state index is 13.4. The SMILES string of the molecule is Cc1cc(C(N)Cc2ccc(F)cc2F)co1. The molecule has 2 nitrogen and oxygen atoms in total. The Morgan fingerprint density at radius 3 is 2.65 bits per heavy atom. The topological polar surface area (TPSA) is 39.2 Å². The van der Waals surface area contributed by atoms with Crippen molar-refractivity contribution in [2.45, 2.75) is 19.4 Å². The Morgan fingerprint density at radius 2 is 2.06 bits per heavy atom. The first kappa shape index (κ1) is 11.8. The fourth-order valence-corrected chi connectivity index (χ4v) is 1.70. The van der Waals surface area contributed by atoms with E-state index in [-0.39, 0.29) is 6.04 Å². The van der Waals surface area contributed by atoms with E-state index in [0.717, 1.165) is 17.4 Å². The molecule has 0 aliphatic rings. The zero-order valence-corrected chi connectivity index (χ0v) is 9.41. The summed E-state index contributed by atoms with van der Waals surface area (Å²) in [5.41, 5.74) is 7.14. The van der Waals surface area contributed by atoms with Gasteiger partial charge < -0.3 is 10.2 Å². The number of furan rings is 1. The summed E-state index contributed by atoms with van der Waals surface area (Å²) in [6.07, 6.45) is 1.87. The Morgan fingerprint density at radius 1 is 1.29 bits per heavy atom. The van der Waals surface area contributed by atoms with Gasteiger partial charge in [0.15, 0.2) is 0 Å². The fourth-order valence-electron chi connectivity index (χ4n) is 1.70. The molecule has 0 radical (unpaired) electrons. The number of hydrogen-bond acceptors (Lipinski definition) is 2. The molecule has 2 N–H and O–H groups in total. The molecule has 1 aromatic heterocycles. The number of rotatable bonds is 3. The fraction of sp³-hybridized carbons (Fsp3) is 0.231. The van der Waals surface area contributed by atoms with E-state index >= 15 is 0 Å². The summed E-state index contributed by atoms with van der Waals surface area (Å²) >= 11 is 0. The maximum absolute atomic E-state index is 13.4. The van der Waals surface area contributed by atoms with Crippen LogP contribution in [0.25, 0.3) is 0 Å². The molecule has 90 valence electrons. The Labute approximate surface area is 98.0 Å². The van der Waals surface area contributed by atoms with E-state index in [4.69, 9.17) is 10.2 Å². The van der Waals surface area contributed by atoms with Crippen molar-refractivity contribution in [2.24, 2.45) is 5.73 Å². The summed E-state index contributed by atoms with van der Waals surface area (Å²) < 4.78 is 31.3. The van der Waals surface area contributed by atoms with Crippen molar-refractivity contribution in [3.8, 4) is 0 Å². The van der Waals surface area contributed by atoms with Crippen LogP contribution in [0.3, 0.4) is 0 Å². The first-order chi connectivity index (χ1) is 8.06. The summed E-state index contributed by atoms with van der Waals surface area (Å²) in [6, 6.07) is 4.96. The van der Waals surface area contributed by atoms with E-state index in [1.807, 2.05) is 13.0 Å². The molecule has 0 amide bonds. The number of hydrogen-bond donors (Lipinski definition) is 1. The van der Waals surface area contributed by atoms with E-state index < -0.39 is 11.6 Å². The summed E-state index contributed by atoms with van der Waals surface area (Å²) in [5.74, 6) is -0.394. The molecule has 17 heavy (non-hydrogen) atoms. The highest BCUT2D eigenvalue weighted by Gasteiger charge is 2.12. The second-order valence-corrected chi connectivity index (χ2v) is 4.04. The van der Waals surface area contributed by atoms with Crippen LogP contribution in [0.5, 0.6) is 0 Å². The van der Waals surface area contributed by atoms with Gasteiger partial charge in [-0.05, 0) is 31.0 Å². The minimum absolute atomic E-state index is 0.311. The molecule has 4 heteroatoms. The standard InChI is InChI=1S/C13H13F2NO/c1-8-4-10(7-17-8)13(16)5-9-2-3-11(14)6-12(9)15/h2-4,6-7,13H,5,16H2,1H3. The van der Waals surface area contributed by atoms with E-state index in [2.05, 4.69) is 0 Å². The summed E-state index contributed by atoms with van der Waals surface area (Å²) in [6.45, 7) is 1.81. The predicted octanol–water partition coefficient (Wildman–Crippen LogP) is 3.11. The molecule has 2 rings (SSSR count). The smallest absolute Gasteiger partial charge is 0.129 e. The quantitative estimate of drug-likeness (QED) is 0.890. The van der Waals surface area contributed by atoms with Gasteiger partial charge in [-0.3, -0.25) is 0 Å². The van der Waals surface area contributed by atoms with Gasteiger partial charge in [-0.25, -0.2) is 8.78 Å². The van der Waals surface area contributed by atoms with Crippen LogP contribution in [0, 0.1) is 18.6 Å². The Bertz CT molecular complexity index is 522. The number of halogens is 2. The van der Waals surface area contributed by atoms with Crippen LogP contribution in [-0.4, -0.2) is 0 Å². The van der Waals surface area contributed by atoms with Crippen LogP contribution < -0.4 is 5.73 Å². The highest BCUT2D eigenvalue weighted by atomic mass is 19.1. The summed E-state index contributed by atoms with van der Waals surface area (Å²) in [5, 5.41) is 0.